The van der Waals surface area contributed by atoms with Crippen LogP contribution in [0, 0.1) is 0 Å². The third kappa shape index (κ3) is 6.66. The molecule has 0 atom stereocenters. The van der Waals surface area contributed by atoms with Gasteiger partial charge in [0.2, 0.25) is 7.28 Å². The number of para-hydroxylation sites is 1. The maximum Gasteiger partial charge on any atom is 0.211 e. The number of fused-ring (bicyclic) bond motifs is 16. The molecule has 4 aliphatic rings. The lowest BCUT2D eigenvalue weighted by Crippen LogP contribution is -2.35. The summed E-state index contributed by atoms with van der Waals surface area (Å²) in [5.74, 6) is 0. The predicted octanol–water partition coefficient (Wildman–Crippen LogP) is 18.6. The van der Waals surface area contributed by atoms with Crippen molar-refractivity contribution in [3.05, 3.63) is 148 Å². The molecule has 4 heterocycles. The molecule has 384 valence electrons. The van der Waals surface area contributed by atoms with Crippen LogP contribution < -0.4 is 15.6 Å². The first-order chi connectivity index (χ1) is 35.6. The number of furan rings is 1. The zero-order valence-electron chi connectivity index (χ0n) is 48.1. The first-order valence-electron chi connectivity index (χ1n) is 28.5. The van der Waals surface area contributed by atoms with Crippen LogP contribution in [0.1, 0.15) is 181 Å². The molecule has 0 unspecified atom stereocenters. The highest BCUT2D eigenvalue weighted by molar-refractivity contribution is 7.29. The Hall–Kier alpha value is -6.04. The molecule has 10 aromatic rings. The van der Waals surface area contributed by atoms with Crippen molar-refractivity contribution in [2.45, 2.75) is 174 Å². The van der Waals surface area contributed by atoms with E-state index >= 15 is 0 Å². The minimum Gasteiger partial charge on any atom is -0.455 e. The summed E-state index contributed by atoms with van der Waals surface area (Å²) in [5, 5.41) is 10.5. The number of nitrogens with zero attached hydrogens (tertiary/aromatic N) is 1. The average molecular weight is 1020 g/mol. The van der Waals surface area contributed by atoms with Crippen LogP contribution in [0.4, 0.5) is 11.4 Å². The molecule has 0 amide bonds. The van der Waals surface area contributed by atoms with Gasteiger partial charge >= 0.3 is 0 Å². The van der Waals surface area contributed by atoms with Crippen molar-refractivity contribution < 1.29 is 4.42 Å². The molecule has 5 heteroatoms. The Bertz CT molecular complexity index is 4200. The van der Waals surface area contributed by atoms with Gasteiger partial charge in [-0.25, -0.2) is 0 Å². The van der Waals surface area contributed by atoms with Crippen LogP contribution in [0.2, 0.25) is 0 Å². The zero-order chi connectivity index (χ0) is 53.3. The number of aromatic nitrogens is 1. The Morgan fingerprint density at radius 3 is 1.78 bits per heavy atom. The SMILES string of the molecule is CC(C)(C)c1ccc(Nc2cc3c(cc2-c2c4c5c(c6cc7c(cc6n5-c5c(sc6ccc(C(C)(C)C)cc56)B4)C(C)(C)CCC7(C)C)c4oc5ccccc5c24)-c2cc4c(cc2C3(C)C)C(C)(C)CCC4(C)C)cc1. The van der Waals surface area contributed by atoms with Crippen LogP contribution in [0.15, 0.2) is 108 Å². The summed E-state index contributed by atoms with van der Waals surface area (Å²) in [6.07, 6.45) is 4.70. The van der Waals surface area contributed by atoms with Crippen molar-refractivity contribution in [2.75, 3.05) is 5.32 Å². The van der Waals surface area contributed by atoms with Crippen molar-refractivity contribution in [3.8, 4) is 27.9 Å². The maximum absolute atomic E-state index is 7.49. The molecule has 0 spiro atoms. The second kappa shape index (κ2) is 15.2. The Labute approximate surface area is 455 Å². The van der Waals surface area contributed by atoms with Crippen molar-refractivity contribution >= 4 is 94.1 Å². The molecule has 1 aliphatic heterocycles. The minimum absolute atomic E-state index is 0.00836. The Morgan fingerprint density at radius 1 is 0.539 bits per heavy atom. The van der Waals surface area contributed by atoms with Crippen LogP contribution in [0.5, 0.6) is 0 Å². The quantitative estimate of drug-likeness (QED) is 0.179. The number of hydrogen-bond acceptors (Lipinski definition) is 3. The standard InChI is InChI=1S/C71H75BN2OS/c1-65(2,3)38-21-24-40(25-22-38)73-53-36-48-42(43-33-49-51(35-47(43)71(48,15)16)69(11,12)29-27-67(49,7)8)32-44(53)57-58-41-19-17-18-20-55(41)75-63(58)59-45-34-50-52(70(13,14)30-28-68(50,9)10)37-54(45)74-61-46-31-39(66(4,5)6)23-26-56(46)76-64(61)72-60(57)62(59)74/h17-26,31-37,72-73H,27-30H2,1-16H3. The number of nitrogens with one attached hydrogen (secondary N) is 1. The van der Waals surface area contributed by atoms with Crippen molar-refractivity contribution in [1.82, 2.24) is 4.57 Å². The van der Waals surface area contributed by atoms with Crippen LogP contribution in [-0.2, 0) is 37.9 Å². The topological polar surface area (TPSA) is 30.1 Å². The molecule has 14 rings (SSSR count). The number of thiophene rings is 1. The zero-order valence-corrected chi connectivity index (χ0v) is 48.9. The van der Waals surface area contributed by atoms with E-state index in [0.29, 0.717) is 0 Å². The normalized spacial score (nSPS) is 18.4. The fourth-order valence-corrected chi connectivity index (χ4v) is 16.0. The molecule has 3 aromatic heterocycles. The number of hydrogen-bond donors (Lipinski definition) is 1. The molecule has 3 nitrogen and oxygen atoms in total. The van der Waals surface area contributed by atoms with Gasteiger partial charge in [0.25, 0.3) is 0 Å². The number of rotatable bonds is 3. The Morgan fingerprint density at radius 2 is 1.12 bits per heavy atom. The molecule has 0 bridgehead atoms. The molecule has 7 aromatic carbocycles. The van der Waals surface area contributed by atoms with E-state index in [9.17, 15) is 0 Å². The molecule has 0 fully saturated rings. The Kier molecular flexibility index (Phi) is 9.64. The Balaban J connectivity index is 1.16. The van der Waals surface area contributed by atoms with Gasteiger partial charge in [0, 0.05) is 48.6 Å². The maximum atomic E-state index is 7.49. The van der Waals surface area contributed by atoms with Crippen LogP contribution >= 0.6 is 11.3 Å². The third-order valence-corrected chi connectivity index (χ3v) is 21.0. The molecule has 1 N–H and O–H groups in total. The van der Waals surface area contributed by atoms with Gasteiger partial charge in [-0.05, 0) is 190 Å². The van der Waals surface area contributed by atoms with E-state index in [1.807, 2.05) is 11.3 Å². The van der Waals surface area contributed by atoms with Crippen LogP contribution in [0.3, 0.4) is 0 Å². The van der Waals surface area contributed by atoms with E-state index in [-0.39, 0.29) is 37.9 Å². The lowest BCUT2D eigenvalue weighted by molar-refractivity contribution is 0.331. The molecule has 76 heavy (non-hydrogen) atoms. The van der Waals surface area contributed by atoms with Gasteiger partial charge in [-0.2, -0.15) is 0 Å². The van der Waals surface area contributed by atoms with E-state index < -0.39 is 0 Å². The molecule has 0 saturated heterocycles. The summed E-state index contributed by atoms with van der Waals surface area (Å²) in [7, 11) is 0.823. The van der Waals surface area contributed by atoms with Gasteiger partial charge in [0.05, 0.1) is 22.1 Å². The lowest BCUT2D eigenvalue weighted by atomic mass is 9.62. The first kappa shape index (κ1) is 48.3. The lowest BCUT2D eigenvalue weighted by Gasteiger charge is -2.42. The molecule has 0 radical (unpaired) electrons. The highest BCUT2D eigenvalue weighted by atomic mass is 32.1. The van der Waals surface area contributed by atoms with Gasteiger partial charge in [0.1, 0.15) is 11.2 Å². The predicted molar refractivity (Wildman–Crippen MR) is 331 cm³/mol. The fourth-order valence-electron chi connectivity index (χ4n) is 14.8. The molecule has 0 saturated carbocycles. The van der Waals surface area contributed by atoms with Crippen molar-refractivity contribution in [2.24, 2.45) is 0 Å². The van der Waals surface area contributed by atoms with Gasteiger partial charge in [0.15, 0.2) is 0 Å². The monoisotopic (exact) mass is 1010 g/mol. The third-order valence-electron chi connectivity index (χ3n) is 19.8. The molecule has 3 aliphatic carbocycles. The van der Waals surface area contributed by atoms with Gasteiger partial charge < -0.3 is 14.3 Å². The highest BCUT2D eigenvalue weighted by Crippen LogP contribution is 2.58. The summed E-state index contributed by atoms with van der Waals surface area (Å²) in [4.78, 5) is 0. The molecular formula is C71H75BN2OS. The minimum atomic E-state index is -0.219. The summed E-state index contributed by atoms with van der Waals surface area (Å²) in [6, 6.07) is 41.1. The summed E-state index contributed by atoms with van der Waals surface area (Å²) in [5.41, 5.74) is 26.3. The van der Waals surface area contributed by atoms with Gasteiger partial charge in [-0.1, -0.05) is 153 Å². The highest BCUT2D eigenvalue weighted by Gasteiger charge is 2.45. The number of benzene rings is 7. The summed E-state index contributed by atoms with van der Waals surface area (Å²) < 4.78 is 13.0. The average Bonchev–Trinajstić information content (AvgIpc) is 4.29. The van der Waals surface area contributed by atoms with E-state index in [2.05, 4.69) is 224 Å². The van der Waals surface area contributed by atoms with Crippen LogP contribution in [-0.4, -0.2) is 11.8 Å². The second-order valence-corrected chi connectivity index (χ2v) is 30.3. The fraction of sp³-hybridized carbons (Fsp3) is 0.380. The van der Waals surface area contributed by atoms with E-state index in [1.54, 1.807) is 0 Å². The van der Waals surface area contributed by atoms with Gasteiger partial charge in [-0.3, -0.25) is 0 Å². The smallest absolute Gasteiger partial charge is 0.211 e. The van der Waals surface area contributed by atoms with Crippen molar-refractivity contribution in [3.63, 3.8) is 0 Å². The summed E-state index contributed by atoms with van der Waals surface area (Å²) >= 11 is 2.00. The van der Waals surface area contributed by atoms with E-state index in [1.165, 1.54) is 138 Å². The van der Waals surface area contributed by atoms with Crippen LogP contribution in [0.25, 0.3) is 81.8 Å². The number of anilines is 2. The van der Waals surface area contributed by atoms with Gasteiger partial charge in [-0.15, -0.1) is 11.3 Å². The second-order valence-electron chi connectivity index (χ2n) is 29.1. The first-order valence-corrected chi connectivity index (χ1v) is 29.3. The van der Waals surface area contributed by atoms with Crippen molar-refractivity contribution in [1.29, 1.82) is 0 Å². The van der Waals surface area contributed by atoms with E-state index in [4.69, 9.17) is 4.42 Å². The summed E-state index contributed by atoms with van der Waals surface area (Å²) in [6.45, 7) is 38.7. The molecular weight excluding hydrogens is 940 g/mol. The largest absolute Gasteiger partial charge is 0.455 e. The van der Waals surface area contributed by atoms with E-state index in [0.717, 1.165) is 42.7 Å².